The highest BCUT2D eigenvalue weighted by Gasteiger charge is 2.64. The van der Waals surface area contributed by atoms with E-state index in [1.807, 2.05) is 31.2 Å². The van der Waals surface area contributed by atoms with Gasteiger partial charge in [-0.05, 0) is 109 Å². The molecule has 6 aromatic rings. The number of amides is 2. The normalized spacial score (nSPS) is 14.4. The van der Waals surface area contributed by atoms with Crippen LogP contribution in [0.4, 0.5) is 26.3 Å². The van der Waals surface area contributed by atoms with Crippen LogP contribution in [0.1, 0.15) is 75.0 Å². The molecule has 6 aromatic carbocycles. The van der Waals surface area contributed by atoms with Crippen molar-refractivity contribution in [3.8, 4) is 5.75 Å². The predicted octanol–water partition coefficient (Wildman–Crippen LogP) is 10.6. The maximum absolute atomic E-state index is 15.6. The molecular formula is C52H52F6N4O3. The van der Waals surface area contributed by atoms with Gasteiger partial charge in [0.2, 0.25) is 11.8 Å². The highest BCUT2D eigenvalue weighted by molar-refractivity contribution is 6.01. The van der Waals surface area contributed by atoms with Gasteiger partial charge in [0.05, 0.1) is 5.56 Å². The summed E-state index contributed by atoms with van der Waals surface area (Å²) < 4.78 is 88.1. The second-order valence-corrected chi connectivity index (χ2v) is 16.0. The van der Waals surface area contributed by atoms with Crippen molar-refractivity contribution in [2.24, 2.45) is 0 Å². The highest BCUT2D eigenvalue weighted by Crippen LogP contribution is 2.46. The van der Waals surface area contributed by atoms with Gasteiger partial charge in [-0.3, -0.25) is 20.2 Å². The minimum atomic E-state index is -4.56. The molecule has 65 heavy (non-hydrogen) atoms. The number of hydrogen-bond acceptors (Lipinski definition) is 5. The zero-order chi connectivity index (χ0) is 46.8. The van der Waals surface area contributed by atoms with E-state index in [1.165, 1.54) is 50.5 Å². The van der Waals surface area contributed by atoms with Crippen molar-refractivity contribution in [3.05, 3.63) is 208 Å². The number of hydrogen-bond donors (Lipinski definition) is 4. The summed E-state index contributed by atoms with van der Waals surface area (Å²) in [5, 5.41) is 13.1. The van der Waals surface area contributed by atoms with Crippen LogP contribution in [0.2, 0.25) is 0 Å². The van der Waals surface area contributed by atoms with Gasteiger partial charge in [0.1, 0.15) is 11.6 Å². The summed E-state index contributed by atoms with van der Waals surface area (Å²) >= 11 is 0. The van der Waals surface area contributed by atoms with E-state index >= 15 is 14.0 Å². The van der Waals surface area contributed by atoms with Gasteiger partial charge in [0.15, 0.2) is 11.1 Å². The Kier molecular flexibility index (Phi) is 15.5. The Morgan fingerprint density at radius 2 is 1.05 bits per heavy atom. The van der Waals surface area contributed by atoms with Crippen LogP contribution in [0.25, 0.3) is 0 Å². The summed E-state index contributed by atoms with van der Waals surface area (Å²) in [5.74, 6) is -1.91. The maximum Gasteiger partial charge on any atom is 0.416 e. The van der Waals surface area contributed by atoms with Crippen molar-refractivity contribution in [2.75, 3.05) is 14.1 Å². The lowest BCUT2D eigenvalue weighted by Crippen LogP contribution is -2.75. The van der Waals surface area contributed by atoms with Crippen LogP contribution in [-0.2, 0) is 39.7 Å². The first kappa shape index (κ1) is 48.0. The molecule has 2 amide bonds. The summed E-state index contributed by atoms with van der Waals surface area (Å²) in [7, 11) is 2.89. The summed E-state index contributed by atoms with van der Waals surface area (Å²) in [6, 6.07) is 39.0. The number of halogens is 6. The average Bonchev–Trinajstić information content (AvgIpc) is 3.31. The molecule has 6 rings (SSSR count). The molecule has 0 aromatic heterocycles. The molecule has 7 nitrogen and oxygen atoms in total. The third-order valence-electron chi connectivity index (χ3n) is 11.8. The molecule has 4 N–H and O–H groups in total. The predicted molar refractivity (Wildman–Crippen MR) is 240 cm³/mol. The van der Waals surface area contributed by atoms with Crippen LogP contribution in [0, 0.1) is 19.7 Å². The quantitative estimate of drug-likeness (QED) is 0.0608. The zero-order valence-electron chi connectivity index (χ0n) is 36.5. The molecule has 0 heterocycles. The number of likely N-dealkylation sites (N-methyl/N-ethyl adjacent to an activating group) is 2. The molecule has 13 heteroatoms. The molecule has 0 unspecified atom stereocenters. The standard InChI is InChI=1S/C52H52F6N4O3/c1-34-18-20-36(21-19-34)24-31-46(39-26-29-44(53)35(2)32-39)62-51(48(64)60-4,41-15-9-6-10-16-41)50(47(63)59-3,40-13-7-5-8-14-40)61-45(38-12-11-17-43(33-38)65-49(54)55)30-25-37-22-27-42(28-23-37)52(56,57)58/h5-23,26-29,32-33,45-46,49,61-62H,24-25,30-31H2,1-4H3,(H,59,63)(H,60,64)/t45-,46-,50-,51+/m0/s1. The fraction of sp³-hybridized carbons (Fsp3) is 0.269. The SMILES string of the molecule is CNC(=O)[C@@](N[C@@H](CCc1ccc(C(F)(F)F)cc1)c1cccc(OC(F)F)c1)(c1ccccc1)[C@](N[C@@H](CCc1ccc(C)cc1)c1ccc(F)c(C)c1)(C(=O)NC)c1ccccc1. The van der Waals surface area contributed by atoms with Gasteiger partial charge in [0.25, 0.3) is 0 Å². The summed E-state index contributed by atoms with van der Waals surface area (Å²) in [4.78, 5) is 31.2. The van der Waals surface area contributed by atoms with Crippen LogP contribution in [0.5, 0.6) is 5.75 Å². The second-order valence-electron chi connectivity index (χ2n) is 16.0. The minimum Gasteiger partial charge on any atom is -0.435 e. The van der Waals surface area contributed by atoms with E-state index in [9.17, 15) is 22.0 Å². The van der Waals surface area contributed by atoms with Gasteiger partial charge < -0.3 is 15.4 Å². The number of aryl methyl sites for hydroxylation is 4. The zero-order valence-corrected chi connectivity index (χ0v) is 36.5. The van der Waals surface area contributed by atoms with E-state index in [0.29, 0.717) is 46.2 Å². The number of rotatable bonds is 19. The van der Waals surface area contributed by atoms with Crippen LogP contribution in [-0.4, -0.2) is 32.5 Å². The number of carbonyl (C=O) groups excluding carboxylic acids is 2. The Morgan fingerprint density at radius 1 is 0.569 bits per heavy atom. The molecule has 0 aliphatic heterocycles. The minimum absolute atomic E-state index is 0.0850. The third-order valence-corrected chi connectivity index (χ3v) is 11.8. The van der Waals surface area contributed by atoms with Crippen molar-refractivity contribution in [3.63, 3.8) is 0 Å². The van der Waals surface area contributed by atoms with Gasteiger partial charge >= 0.3 is 12.8 Å². The molecule has 0 saturated carbocycles. The Balaban J connectivity index is 1.64. The smallest absolute Gasteiger partial charge is 0.416 e. The van der Waals surface area contributed by atoms with Gasteiger partial charge in [-0.1, -0.05) is 127 Å². The Labute approximate surface area is 375 Å². The number of alkyl halides is 5. The van der Waals surface area contributed by atoms with Crippen LogP contribution >= 0.6 is 0 Å². The molecule has 0 aliphatic rings. The van der Waals surface area contributed by atoms with E-state index in [0.717, 1.165) is 23.3 Å². The van der Waals surface area contributed by atoms with Crippen molar-refractivity contribution >= 4 is 11.8 Å². The van der Waals surface area contributed by atoms with Crippen molar-refractivity contribution in [1.29, 1.82) is 0 Å². The molecule has 0 aliphatic carbocycles. The van der Waals surface area contributed by atoms with Gasteiger partial charge in [-0.15, -0.1) is 0 Å². The molecule has 0 fully saturated rings. The van der Waals surface area contributed by atoms with Crippen molar-refractivity contribution in [2.45, 2.75) is 75.5 Å². The third kappa shape index (κ3) is 10.9. The maximum atomic E-state index is 15.6. The summed E-state index contributed by atoms with van der Waals surface area (Å²) in [5.41, 5.74) is -0.421. The summed E-state index contributed by atoms with van der Waals surface area (Å²) in [6.45, 7) is 0.473. The lowest BCUT2D eigenvalue weighted by molar-refractivity contribution is -0.144. The molecule has 0 bridgehead atoms. The number of carbonyl (C=O) groups is 2. The van der Waals surface area contributed by atoms with E-state index < -0.39 is 59.1 Å². The molecule has 0 spiro atoms. The van der Waals surface area contributed by atoms with Crippen molar-refractivity contribution < 1.29 is 40.7 Å². The fourth-order valence-corrected chi connectivity index (χ4v) is 8.50. The molecular weight excluding hydrogens is 843 g/mol. The largest absolute Gasteiger partial charge is 0.435 e. The molecule has 0 radical (unpaired) electrons. The monoisotopic (exact) mass is 894 g/mol. The van der Waals surface area contributed by atoms with Crippen molar-refractivity contribution in [1.82, 2.24) is 21.3 Å². The lowest BCUT2D eigenvalue weighted by Gasteiger charge is -2.52. The Morgan fingerprint density at radius 3 is 1.49 bits per heavy atom. The lowest BCUT2D eigenvalue weighted by atomic mass is 9.65. The first-order valence-electron chi connectivity index (χ1n) is 21.2. The van der Waals surface area contributed by atoms with Gasteiger partial charge in [0, 0.05) is 26.2 Å². The average molecular weight is 895 g/mol. The fourth-order valence-electron chi connectivity index (χ4n) is 8.50. The molecule has 4 atom stereocenters. The second kappa shape index (κ2) is 21.0. The van der Waals surface area contributed by atoms with E-state index in [4.69, 9.17) is 4.74 Å². The first-order chi connectivity index (χ1) is 31.1. The number of benzene rings is 6. The highest BCUT2D eigenvalue weighted by atomic mass is 19.4. The Hall–Kier alpha value is -6.44. The van der Waals surface area contributed by atoms with E-state index in [2.05, 4.69) is 21.3 Å². The number of ether oxygens (including phenoxy) is 1. The summed E-state index contributed by atoms with van der Waals surface area (Å²) in [6.07, 6.45) is -3.46. The first-order valence-corrected chi connectivity index (χ1v) is 21.2. The van der Waals surface area contributed by atoms with E-state index in [-0.39, 0.29) is 18.6 Å². The van der Waals surface area contributed by atoms with Gasteiger partial charge in [-0.2, -0.15) is 22.0 Å². The van der Waals surface area contributed by atoms with Crippen LogP contribution in [0.15, 0.2) is 152 Å². The van der Waals surface area contributed by atoms with Gasteiger partial charge in [-0.25, -0.2) is 4.39 Å². The van der Waals surface area contributed by atoms with Crippen LogP contribution < -0.4 is 26.0 Å². The van der Waals surface area contributed by atoms with Crippen LogP contribution in [0.3, 0.4) is 0 Å². The Bertz CT molecular complexity index is 2510. The molecule has 340 valence electrons. The topological polar surface area (TPSA) is 91.5 Å². The van der Waals surface area contributed by atoms with E-state index in [1.54, 1.807) is 85.8 Å². The number of nitrogens with one attached hydrogen (secondary N) is 4. The molecule has 0 saturated heterocycles.